The average Bonchev–Trinajstić information content (AvgIpc) is 3.79. The van der Waals surface area contributed by atoms with Gasteiger partial charge in [-0.25, -0.2) is 14.4 Å². The topological polar surface area (TPSA) is 116 Å². The smallest absolute Gasteiger partial charge is 0.333 e. The Balaban J connectivity index is 1.27. The highest BCUT2D eigenvalue weighted by molar-refractivity contribution is 7.53. The van der Waals surface area contributed by atoms with Gasteiger partial charge < -0.3 is 33.9 Å². The SMILES string of the molecule is CCOP(=O)(CC1OC1Nc1cc2c(Nc3ccc(F)c(Cl)c3)ncnc2cc1OCC12COCC1C2)OCC. The summed E-state index contributed by atoms with van der Waals surface area (Å²) >= 11 is 5.98. The van der Waals surface area contributed by atoms with Crippen molar-refractivity contribution in [2.24, 2.45) is 11.3 Å². The Morgan fingerprint density at radius 3 is 2.73 bits per heavy atom. The molecule has 6 rings (SSSR count). The molecule has 0 radical (unpaired) electrons. The lowest BCUT2D eigenvalue weighted by Crippen LogP contribution is -2.18. The van der Waals surface area contributed by atoms with Crippen LogP contribution in [0.2, 0.25) is 5.02 Å². The van der Waals surface area contributed by atoms with Gasteiger partial charge in [0.2, 0.25) is 0 Å². The third-order valence-electron chi connectivity index (χ3n) is 7.44. The monoisotopic (exact) mass is 592 g/mol. The van der Waals surface area contributed by atoms with Crippen LogP contribution in [0.4, 0.5) is 21.6 Å². The summed E-state index contributed by atoms with van der Waals surface area (Å²) in [4.78, 5) is 8.86. The van der Waals surface area contributed by atoms with Gasteiger partial charge in [-0.2, -0.15) is 0 Å². The maximum Gasteiger partial charge on any atom is 0.333 e. The van der Waals surface area contributed by atoms with Crippen molar-refractivity contribution in [1.82, 2.24) is 9.97 Å². The van der Waals surface area contributed by atoms with E-state index in [0.29, 0.717) is 53.0 Å². The lowest BCUT2D eigenvalue weighted by molar-refractivity contribution is 0.124. The quantitative estimate of drug-likeness (QED) is 0.181. The predicted octanol–water partition coefficient (Wildman–Crippen LogP) is 5.98. The highest BCUT2D eigenvalue weighted by Crippen LogP contribution is 2.57. The third kappa shape index (κ3) is 5.77. The number of nitrogens with one attached hydrogen (secondary N) is 2. The maximum atomic E-state index is 13.7. The first kappa shape index (κ1) is 27.6. The second kappa shape index (κ2) is 11.0. The van der Waals surface area contributed by atoms with Crippen LogP contribution < -0.4 is 15.4 Å². The molecule has 1 saturated carbocycles. The van der Waals surface area contributed by atoms with Gasteiger partial charge in [-0.3, -0.25) is 4.57 Å². The van der Waals surface area contributed by atoms with Gasteiger partial charge in [0.05, 0.1) is 55.4 Å². The fraction of sp³-hybridized carbons (Fsp3) is 0.481. The minimum absolute atomic E-state index is 0.00312. The molecule has 3 heterocycles. The van der Waals surface area contributed by atoms with Gasteiger partial charge in [0.1, 0.15) is 29.8 Å². The molecule has 1 aromatic heterocycles. The Bertz CT molecular complexity index is 1460. The van der Waals surface area contributed by atoms with E-state index in [0.717, 1.165) is 13.0 Å². The molecule has 2 N–H and O–H groups in total. The summed E-state index contributed by atoms with van der Waals surface area (Å²) < 4.78 is 55.4. The summed E-state index contributed by atoms with van der Waals surface area (Å²) in [7, 11) is -3.27. The number of fused-ring (bicyclic) bond motifs is 2. The number of hydrogen-bond acceptors (Lipinski definition) is 10. The van der Waals surface area contributed by atoms with Crippen molar-refractivity contribution in [2.45, 2.75) is 32.6 Å². The lowest BCUT2D eigenvalue weighted by Gasteiger charge is -2.18. The van der Waals surface area contributed by atoms with Gasteiger partial charge in [0.15, 0.2) is 6.23 Å². The van der Waals surface area contributed by atoms with Crippen LogP contribution in [0.3, 0.4) is 0 Å². The van der Waals surface area contributed by atoms with E-state index in [1.165, 1.54) is 18.5 Å². The van der Waals surface area contributed by atoms with Gasteiger partial charge >= 0.3 is 7.60 Å². The Hall–Kier alpha value is -2.53. The van der Waals surface area contributed by atoms with E-state index < -0.39 is 19.6 Å². The van der Waals surface area contributed by atoms with Crippen molar-refractivity contribution in [3.05, 3.63) is 47.5 Å². The Morgan fingerprint density at radius 2 is 2.02 bits per heavy atom. The number of nitrogens with zero attached hydrogens (tertiary/aromatic N) is 2. The number of halogens is 2. The molecule has 40 heavy (non-hydrogen) atoms. The zero-order valence-electron chi connectivity index (χ0n) is 22.2. The molecular formula is C27H31ClFN4O6P. The first-order valence-electron chi connectivity index (χ1n) is 13.3. The number of rotatable bonds is 13. The molecule has 4 unspecified atom stereocenters. The molecule has 2 aromatic carbocycles. The van der Waals surface area contributed by atoms with Crippen molar-refractivity contribution in [2.75, 3.05) is 49.8 Å². The predicted molar refractivity (Wildman–Crippen MR) is 149 cm³/mol. The molecule has 10 nitrogen and oxygen atoms in total. The summed E-state index contributed by atoms with van der Waals surface area (Å²) in [5, 5.41) is 7.29. The van der Waals surface area contributed by atoms with Crippen molar-refractivity contribution >= 4 is 47.3 Å². The normalized spacial score (nSPS) is 25.1. The molecule has 0 bridgehead atoms. The van der Waals surface area contributed by atoms with Crippen LogP contribution in [0.1, 0.15) is 20.3 Å². The minimum atomic E-state index is -3.27. The number of hydrogen-bond donors (Lipinski definition) is 2. The molecular weight excluding hydrogens is 562 g/mol. The molecule has 3 aromatic rings. The number of benzene rings is 2. The first-order valence-corrected chi connectivity index (χ1v) is 15.4. The average molecular weight is 593 g/mol. The van der Waals surface area contributed by atoms with Gasteiger partial charge in [-0.1, -0.05) is 11.6 Å². The van der Waals surface area contributed by atoms with Crippen molar-refractivity contribution in [3.8, 4) is 5.75 Å². The summed E-state index contributed by atoms with van der Waals surface area (Å²) in [5.74, 6) is 1.15. The molecule has 3 fully saturated rings. The Kier molecular flexibility index (Phi) is 7.63. The van der Waals surface area contributed by atoms with Gasteiger partial charge in [-0.05, 0) is 50.5 Å². The van der Waals surface area contributed by atoms with E-state index >= 15 is 0 Å². The Labute approximate surface area is 236 Å². The van der Waals surface area contributed by atoms with E-state index in [-0.39, 0.29) is 35.9 Å². The molecule has 0 amide bonds. The van der Waals surface area contributed by atoms with Crippen LogP contribution in [0, 0.1) is 17.2 Å². The van der Waals surface area contributed by atoms with Crippen molar-refractivity contribution < 1.29 is 32.2 Å². The van der Waals surface area contributed by atoms with E-state index in [1.54, 1.807) is 19.9 Å². The molecule has 1 aliphatic carbocycles. The van der Waals surface area contributed by atoms with Crippen LogP contribution in [-0.4, -0.2) is 61.5 Å². The second-order valence-electron chi connectivity index (χ2n) is 10.3. The highest BCUT2D eigenvalue weighted by atomic mass is 35.5. The molecule has 214 valence electrons. The van der Waals surface area contributed by atoms with E-state index in [9.17, 15) is 8.96 Å². The number of epoxide rings is 1. The molecule has 4 atom stereocenters. The van der Waals surface area contributed by atoms with Crippen molar-refractivity contribution in [1.29, 1.82) is 0 Å². The van der Waals surface area contributed by atoms with Crippen LogP contribution >= 0.6 is 19.2 Å². The first-order chi connectivity index (χ1) is 19.3. The number of ether oxygens (including phenoxy) is 3. The number of anilines is 3. The van der Waals surface area contributed by atoms with Crippen molar-refractivity contribution in [3.63, 3.8) is 0 Å². The Morgan fingerprint density at radius 1 is 1.20 bits per heavy atom. The fourth-order valence-corrected chi connectivity index (χ4v) is 7.10. The van der Waals surface area contributed by atoms with E-state index in [2.05, 4.69) is 20.6 Å². The van der Waals surface area contributed by atoms with Crippen LogP contribution in [-0.2, 0) is 23.1 Å². The highest BCUT2D eigenvalue weighted by Gasteiger charge is 2.59. The van der Waals surface area contributed by atoms with Crippen LogP contribution in [0.25, 0.3) is 10.9 Å². The molecule has 0 spiro atoms. The van der Waals surface area contributed by atoms with Crippen LogP contribution in [0.15, 0.2) is 36.7 Å². The van der Waals surface area contributed by atoms with E-state index in [4.69, 9.17) is 34.9 Å². The van der Waals surface area contributed by atoms with Gasteiger partial charge in [-0.15, -0.1) is 0 Å². The molecule has 2 saturated heterocycles. The summed E-state index contributed by atoms with van der Waals surface area (Å²) in [5.41, 5.74) is 1.97. The molecule has 3 aliphatic rings. The maximum absolute atomic E-state index is 13.7. The molecule has 13 heteroatoms. The lowest BCUT2D eigenvalue weighted by atomic mass is 10.1. The summed E-state index contributed by atoms with van der Waals surface area (Å²) in [6.45, 7) is 6.13. The van der Waals surface area contributed by atoms with E-state index in [1.807, 2.05) is 12.1 Å². The summed E-state index contributed by atoms with van der Waals surface area (Å²) in [6, 6.07) is 8.11. The zero-order chi connectivity index (χ0) is 27.9. The standard InChI is InChI=1S/C27H31ClFN4O6P/c1-3-37-40(34,38-4-2)12-24-26(39-24)33-22-8-18-21(9-23(22)36-14-27-10-16(27)11-35-13-27)30-15-31-25(18)32-17-5-6-20(29)19(28)7-17/h5-9,15-16,24,26,33H,3-4,10-14H2,1-2H3,(H,30,31,32). The van der Waals surface area contributed by atoms with Gasteiger partial charge in [0.25, 0.3) is 0 Å². The second-order valence-corrected chi connectivity index (χ2v) is 12.8. The summed E-state index contributed by atoms with van der Waals surface area (Å²) in [6.07, 6.45) is 1.92. The third-order valence-corrected chi connectivity index (χ3v) is 9.84. The number of aromatic nitrogens is 2. The van der Waals surface area contributed by atoms with Gasteiger partial charge in [0, 0.05) is 22.6 Å². The molecule has 2 aliphatic heterocycles. The van der Waals surface area contributed by atoms with Crippen LogP contribution in [0.5, 0.6) is 5.75 Å². The minimum Gasteiger partial charge on any atom is -0.491 e. The fourth-order valence-electron chi connectivity index (χ4n) is 5.13. The largest absolute Gasteiger partial charge is 0.491 e. The zero-order valence-corrected chi connectivity index (χ0v) is 23.8.